The maximum atomic E-state index is 12.3. The van der Waals surface area contributed by atoms with Crippen molar-refractivity contribution in [3.8, 4) is 0 Å². The van der Waals surface area contributed by atoms with Crippen molar-refractivity contribution in [1.82, 2.24) is 4.57 Å². The summed E-state index contributed by atoms with van der Waals surface area (Å²) < 4.78 is 13.6. The largest absolute Gasteiger partial charge is 0.506 e. The Morgan fingerprint density at radius 2 is 2.20 bits per heavy atom. The van der Waals surface area contributed by atoms with E-state index in [1.54, 1.807) is 0 Å². The smallest absolute Gasteiger partial charge is 0.422 e. The lowest BCUT2D eigenvalue weighted by atomic mass is 9.86. The van der Waals surface area contributed by atoms with Gasteiger partial charge in [0.25, 0.3) is 0 Å². The zero-order valence-electron chi connectivity index (χ0n) is 5.45. The van der Waals surface area contributed by atoms with Crippen LogP contribution in [0.4, 0.5) is 4.39 Å². The number of aryl methyl sites for hydroxylation is 1. The van der Waals surface area contributed by atoms with Gasteiger partial charge in [-0.25, -0.2) is 4.39 Å². The first-order valence-corrected chi connectivity index (χ1v) is 2.79. The summed E-state index contributed by atoms with van der Waals surface area (Å²) in [7, 11) is -0.0628. The van der Waals surface area contributed by atoms with Gasteiger partial charge in [-0.05, 0) is 6.07 Å². The molecule has 0 unspecified atom stereocenters. The highest BCUT2D eigenvalue weighted by molar-refractivity contribution is 6.57. The summed E-state index contributed by atoms with van der Waals surface area (Å²) in [4.78, 5) is 0. The van der Waals surface area contributed by atoms with E-state index in [0.29, 0.717) is 0 Å². The molecular weight excluding hydrogens is 136 g/mol. The van der Waals surface area contributed by atoms with E-state index < -0.39 is 12.9 Å². The first kappa shape index (κ1) is 7.30. The Bertz CT molecular complexity index is 236. The van der Waals surface area contributed by atoms with Crippen molar-refractivity contribution < 1.29 is 14.4 Å². The van der Waals surface area contributed by atoms with Crippen molar-refractivity contribution >= 4 is 12.7 Å². The van der Waals surface area contributed by atoms with Crippen LogP contribution in [-0.2, 0) is 7.05 Å². The average Bonchev–Trinajstić information content (AvgIpc) is 2.10. The van der Waals surface area contributed by atoms with Gasteiger partial charge in [0.05, 0.1) is 5.59 Å². The molecule has 0 aliphatic carbocycles. The molecule has 0 spiro atoms. The van der Waals surface area contributed by atoms with Gasteiger partial charge in [0, 0.05) is 13.2 Å². The van der Waals surface area contributed by atoms with Gasteiger partial charge in [0.1, 0.15) is 5.82 Å². The second-order valence-electron chi connectivity index (χ2n) is 2.07. The topological polar surface area (TPSA) is 45.4 Å². The fraction of sp³-hybridized carbons (Fsp3) is 0.200. The number of hydrogen-bond acceptors (Lipinski definition) is 2. The van der Waals surface area contributed by atoms with Crippen LogP contribution in [0.3, 0.4) is 0 Å². The number of hydrogen-bond donors (Lipinski definition) is 2. The zero-order chi connectivity index (χ0) is 7.72. The third-order valence-electron chi connectivity index (χ3n) is 1.27. The lowest BCUT2D eigenvalue weighted by molar-refractivity contribution is 0.422. The van der Waals surface area contributed by atoms with Crippen LogP contribution in [-0.4, -0.2) is 21.7 Å². The first-order valence-electron chi connectivity index (χ1n) is 2.79. The van der Waals surface area contributed by atoms with Crippen LogP contribution < -0.4 is 5.59 Å². The predicted molar refractivity (Wildman–Crippen MR) is 35.2 cm³/mol. The van der Waals surface area contributed by atoms with Crippen LogP contribution in [0.1, 0.15) is 0 Å². The molecule has 1 rings (SSSR count). The number of aromatic nitrogens is 1. The van der Waals surface area contributed by atoms with Crippen LogP contribution >= 0.6 is 0 Å². The van der Waals surface area contributed by atoms with E-state index in [-0.39, 0.29) is 5.59 Å². The summed E-state index contributed by atoms with van der Waals surface area (Å²) in [5.74, 6) is -0.467. The van der Waals surface area contributed by atoms with E-state index in [2.05, 4.69) is 0 Å². The molecule has 0 atom stereocenters. The molecule has 0 radical (unpaired) electrons. The molecule has 2 N–H and O–H groups in total. The van der Waals surface area contributed by atoms with E-state index in [1.165, 1.54) is 17.8 Å². The van der Waals surface area contributed by atoms with Gasteiger partial charge < -0.3 is 14.6 Å². The summed E-state index contributed by atoms with van der Waals surface area (Å²) in [6, 6.07) is 1.07. The molecule has 3 nitrogen and oxygen atoms in total. The Labute approximate surface area is 57.9 Å². The van der Waals surface area contributed by atoms with Crippen molar-refractivity contribution in [3.05, 3.63) is 18.1 Å². The van der Waals surface area contributed by atoms with Crippen molar-refractivity contribution in [1.29, 1.82) is 0 Å². The van der Waals surface area contributed by atoms with Crippen molar-refractivity contribution in [2.24, 2.45) is 7.05 Å². The first-order chi connectivity index (χ1) is 4.61. The molecule has 1 aromatic heterocycles. The maximum absolute atomic E-state index is 12.3. The molecule has 10 heavy (non-hydrogen) atoms. The second kappa shape index (κ2) is 2.44. The molecule has 0 amide bonds. The fourth-order valence-electron chi connectivity index (χ4n) is 0.797. The van der Waals surface area contributed by atoms with Crippen molar-refractivity contribution in [2.45, 2.75) is 0 Å². The quantitative estimate of drug-likeness (QED) is 0.487. The van der Waals surface area contributed by atoms with Crippen LogP contribution in [0.2, 0.25) is 0 Å². The summed E-state index contributed by atoms with van der Waals surface area (Å²) in [5.41, 5.74) is 0.150. The number of nitrogens with zero attached hydrogens (tertiary/aromatic N) is 1. The number of rotatable bonds is 1. The third kappa shape index (κ3) is 1.20. The van der Waals surface area contributed by atoms with Crippen LogP contribution in [0.15, 0.2) is 12.3 Å². The van der Waals surface area contributed by atoms with Crippen molar-refractivity contribution in [2.75, 3.05) is 0 Å². The van der Waals surface area contributed by atoms with Crippen LogP contribution in [0, 0.1) is 5.82 Å². The van der Waals surface area contributed by atoms with E-state index >= 15 is 0 Å². The summed E-state index contributed by atoms with van der Waals surface area (Å²) in [6.45, 7) is 0. The Kier molecular flexibility index (Phi) is 1.78. The lowest BCUT2D eigenvalue weighted by Gasteiger charge is -1.97. The molecular formula is C5H7BFNO2. The maximum Gasteiger partial charge on any atom is 0.506 e. The molecule has 0 bridgehead atoms. The van der Waals surface area contributed by atoms with Gasteiger partial charge in [0.2, 0.25) is 0 Å². The molecule has 0 saturated heterocycles. The SMILES string of the molecule is Cn1cc(F)cc1B(O)O. The Balaban J connectivity index is 3.03. The highest BCUT2D eigenvalue weighted by Crippen LogP contribution is 1.93. The Morgan fingerprint density at radius 1 is 1.60 bits per heavy atom. The lowest BCUT2D eigenvalue weighted by Crippen LogP contribution is -2.34. The highest BCUT2D eigenvalue weighted by Gasteiger charge is 2.15. The predicted octanol–water partition coefficient (Wildman–Crippen LogP) is -1.16. The molecule has 0 aliphatic rings. The van der Waals surface area contributed by atoms with E-state index in [9.17, 15) is 4.39 Å². The summed E-state index contributed by atoms with van der Waals surface area (Å²) >= 11 is 0. The minimum atomic E-state index is -1.60. The highest BCUT2D eigenvalue weighted by atomic mass is 19.1. The van der Waals surface area contributed by atoms with Gasteiger partial charge in [0.15, 0.2) is 0 Å². The van der Waals surface area contributed by atoms with Gasteiger partial charge >= 0.3 is 7.12 Å². The van der Waals surface area contributed by atoms with Gasteiger partial charge in [-0.2, -0.15) is 0 Å². The molecule has 5 heteroatoms. The second-order valence-corrected chi connectivity index (χ2v) is 2.07. The standard InChI is InChI=1S/C5H7BFNO2/c1-8-3-4(7)2-5(8)6(9)10/h2-3,9-10H,1H3. The van der Waals surface area contributed by atoms with Gasteiger partial charge in [-0.15, -0.1) is 0 Å². The molecule has 0 fully saturated rings. The summed E-state index contributed by atoms with van der Waals surface area (Å²) in [5, 5.41) is 17.2. The van der Waals surface area contributed by atoms with E-state index in [0.717, 1.165) is 6.07 Å². The molecule has 1 heterocycles. The van der Waals surface area contributed by atoms with Crippen LogP contribution in [0.5, 0.6) is 0 Å². The van der Waals surface area contributed by atoms with Gasteiger partial charge in [-0.1, -0.05) is 0 Å². The Morgan fingerprint density at radius 3 is 2.40 bits per heavy atom. The van der Waals surface area contributed by atoms with E-state index in [4.69, 9.17) is 10.0 Å². The van der Waals surface area contributed by atoms with Crippen LogP contribution in [0.25, 0.3) is 0 Å². The average molecular weight is 143 g/mol. The van der Waals surface area contributed by atoms with E-state index in [1.807, 2.05) is 0 Å². The van der Waals surface area contributed by atoms with Crippen molar-refractivity contribution in [3.63, 3.8) is 0 Å². The number of halogens is 1. The Hall–Kier alpha value is -0.805. The molecule has 0 aliphatic heterocycles. The monoisotopic (exact) mass is 143 g/mol. The summed E-state index contributed by atoms with van der Waals surface area (Å²) in [6.07, 6.45) is 1.18. The molecule has 0 saturated carbocycles. The fourth-order valence-corrected chi connectivity index (χ4v) is 0.797. The van der Waals surface area contributed by atoms with Gasteiger partial charge in [-0.3, -0.25) is 0 Å². The minimum absolute atomic E-state index is 0.150. The third-order valence-corrected chi connectivity index (χ3v) is 1.27. The molecule has 1 aromatic rings. The normalized spacial score (nSPS) is 10.0. The molecule has 0 aromatic carbocycles. The zero-order valence-corrected chi connectivity index (χ0v) is 5.45. The molecule has 54 valence electrons. The minimum Gasteiger partial charge on any atom is -0.422 e.